The predicted octanol–water partition coefficient (Wildman–Crippen LogP) is 5.33. The number of aromatic nitrogens is 3. The van der Waals surface area contributed by atoms with Crippen molar-refractivity contribution in [3.63, 3.8) is 0 Å². The van der Waals surface area contributed by atoms with Crippen LogP contribution in [0.5, 0.6) is 5.75 Å². The summed E-state index contributed by atoms with van der Waals surface area (Å²) in [5, 5.41) is 12.0. The van der Waals surface area contributed by atoms with Crippen LogP contribution in [0.1, 0.15) is 23.7 Å². The van der Waals surface area contributed by atoms with Crippen LogP contribution < -0.4 is 4.74 Å². The molecule has 0 saturated carbocycles. The van der Waals surface area contributed by atoms with E-state index in [0.717, 1.165) is 36.5 Å². The van der Waals surface area contributed by atoms with E-state index in [-0.39, 0.29) is 11.7 Å². The first-order valence-electron chi connectivity index (χ1n) is 11.5. The Morgan fingerprint density at radius 2 is 1.88 bits per heavy atom. The molecule has 1 fully saturated rings. The summed E-state index contributed by atoms with van der Waals surface area (Å²) < 4.78 is 15.6. The molecule has 0 radical (unpaired) electrons. The minimum Gasteiger partial charge on any atom is -0.496 e. The largest absolute Gasteiger partial charge is 0.496 e. The summed E-state index contributed by atoms with van der Waals surface area (Å²) in [4.78, 5) is 16.7. The van der Waals surface area contributed by atoms with Gasteiger partial charge in [0.2, 0.25) is 0 Å². The number of carbonyl (C=O) groups is 1. The van der Waals surface area contributed by atoms with Crippen LogP contribution >= 0.6 is 0 Å². The standard InChI is InChI=1S/C27H25N3O4/c1-3-29-22-7-5-4-6-18(22)19-12-16(8-9-23(19)29)26-28-21-13-20(27(31)32)25(33-2)14-24(21)30(26)15-17-10-11-34-17/h4-9,12-14,17H,3,10-11,15H2,1-2H3,(H,31,32). The zero-order chi connectivity index (χ0) is 23.4. The second-order valence-electron chi connectivity index (χ2n) is 8.67. The fourth-order valence-electron chi connectivity index (χ4n) is 5.06. The van der Waals surface area contributed by atoms with Gasteiger partial charge in [-0.1, -0.05) is 18.2 Å². The highest BCUT2D eigenvalue weighted by molar-refractivity contribution is 6.09. The van der Waals surface area contributed by atoms with Crippen LogP contribution in [-0.2, 0) is 17.8 Å². The summed E-state index contributed by atoms with van der Waals surface area (Å²) in [6, 6.07) is 18.3. The number of methoxy groups -OCH3 is 1. The summed E-state index contributed by atoms with van der Waals surface area (Å²) in [6.45, 7) is 4.46. The Morgan fingerprint density at radius 1 is 1.09 bits per heavy atom. The Labute approximate surface area is 196 Å². The molecule has 1 aliphatic heterocycles. The molecule has 1 N–H and O–H groups in total. The number of carboxylic acids is 1. The summed E-state index contributed by atoms with van der Waals surface area (Å²) >= 11 is 0. The molecule has 3 aromatic carbocycles. The average molecular weight is 456 g/mol. The Balaban J connectivity index is 1.60. The van der Waals surface area contributed by atoms with Crippen LogP contribution in [0.4, 0.5) is 0 Å². The lowest BCUT2D eigenvalue weighted by molar-refractivity contribution is -0.0584. The van der Waals surface area contributed by atoms with E-state index in [4.69, 9.17) is 14.5 Å². The quantitative estimate of drug-likeness (QED) is 0.375. The van der Waals surface area contributed by atoms with Gasteiger partial charge in [0.15, 0.2) is 0 Å². The third-order valence-corrected chi connectivity index (χ3v) is 6.83. The molecule has 2 aromatic heterocycles. The molecule has 5 aromatic rings. The molecule has 0 amide bonds. The number of imidazole rings is 1. The van der Waals surface area contributed by atoms with E-state index in [1.807, 2.05) is 0 Å². The van der Waals surface area contributed by atoms with Gasteiger partial charge in [-0.2, -0.15) is 0 Å². The minimum absolute atomic E-state index is 0.104. The first-order valence-corrected chi connectivity index (χ1v) is 11.5. The molecule has 172 valence electrons. The van der Waals surface area contributed by atoms with E-state index in [1.165, 1.54) is 28.9 Å². The van der Waals surface area contributed by atoms with Gasteiger partial charge in [-0.15, -0.1) is 0 Å². The van der Waals surface area contributed by atoms with Gasteiger partial charge in [0.05, 0.1) is 30.8 Å². The number of ether oxygens (including phenoxy) is 2. The van der Waals surface area contributed by atoms with Gasteiger partial charge in [-0.25, -0.2) is 9.78 Å². The maximum atomic E-state index is 11.8. The average Bonchev–Trinajstić information content (AvgIpc) is 3.34. The van der Waals surface area contributed by atoms with E-state index >= 15 is 0 Å². The lowest BCUT2D eigenvalue weighted by Crippen LogP contribution is -2.31. The first kappa shape index (κ1) is 20.7. The van der Waals surface area contributed by atoms with Crippen LogP contribution in [0.15, 0.2) is 54.6 Å². The van der Waals surface area contributed by atoms with Crippen molar-refractivity contribution in [2.45, 2.75) is 32.5 Å². The number of carboxylic acid groups (broad SMARTS) is 1. The van der Waals surface area contributed by atoms with Gasteiger partial charge in [-0.3, -0.25) is 0 Å². The van der Waals surface area contributed by atoms with Gasteiger partial charge in [0.25, 0.3) is 0 Å². The van der Waals surface area contributed by atoms with Crippen molar-refractivity contribution in [2.24, 2.45) is 0 Å². The highest BCUT2D eigenvalue weighted by atomic mass is 16.5. The monoisotopic (exact) mass is 455 g/mol. The second kappa shape index (κ2) is 7.88. The van der Waals surface area contributed by atoms with Crippen LogP contribution in [0.25, 0.3) is 44.2 Å². The maximum Gasteiger partial charge on any atom is 0.339 e. The van der Waals surface area contributed by atoms with Crippen LogP contribution in [0.3, 0.4) is 0 Å². The number of rotatable bonds is 6. The van der Waals surface area contributed by atoms with Crippen molar-refractivity contribution in [1.29, 1.82) is 0 Å². The molecule has 7 heteroatoms. The molecular weight excluding hydrogens is 430 g/mol. The van der Waals surface area contributed by atoms with Crippen molar-refractivity contribution >= 4 is 38.8 Å². The van der Waals surface area contributed by atoms with Crippen molar-refractivity contribution in [3.05, 3.63) is 60.2 Å². The highest BCUT2D eigenvalue weighted by Gasteiger charge is 2.24. The molecule has 1 saturated heterocycles. The second-order valence-corrected chi connectivity index (χ2v) is 8.67. The van der Waals surface area contributed by atoms with Gasteiger partial charge < -0.3 is 23.7 Å². The SMILES string of the molecule is CCn1c2ccccc2c2cc(-c3nc4cc(C(=O)O)c(OC)cc4n3CC3CCO3)ccc21. The van der Waals surface area contributed by atoms with E-state index in [0.29, 0.717) is 17.8 Å². The molecule has 3 heterocycles. The maximum absolute atomic E-state index is 11.8. The van der Waals surface area contributed by atoms with Gasteiger partial charge in [0.1, 0.15) is 17.1 Å². The number of fused-ring (bicyclic) bond motifs is 4. The van der Waals surface area contributed by atoms with Crippen molar-refractivity contribution < 1.29 is 19.4 Å². The third-order valence-electron chi connectivity index (χ3n) is 6.83. The number of para-hydroxylation sites is 1. The molecular formula is C27H25N3O4. The van der Waals surface area contributed by atoms with Crippen LogP contribution in [-0.4, -0.2) is 45.0 Å². The number of aryl methyl sites for hydroxylation is 1. The lowest BCUT2D eigenvalue weighted by atomic mass is 10.1. The Morgan fingerprint density at radius 3 is 2.59 bits per heavy atom. The van der Waals surface area contributed by atoms with E-state index in [1.54, 1.807) is 12.1 Å². The van der Waals surface area contributed by atoms with E-state index < -0.39 is 5.97 Å². The van der Waals surface area contributed by atoms with Gasteiger partial charge in [-0.05, 0) is 43.7 Å². The number of benzene rings is 3. The Kier molecular flexibility index (Phi) is 4.81. The van der Waals surface area contributed by atoms with Crippen molar-refractivity contribution in [2.75, 3.05) is 13.7 Å². The smallest absolute Gasteiger partial charge is 0.339 e. The fraction of sp³-hybridized carbons (Fsp3) is 0.259. The molecule has 0 spiro atoms. The lowest BCUT2D eigenvalue weighted by Gasteiger charge is -2.27. The van der Waals surface area contributed by atoms with Crippen molar-refractivity contribution in [3.8, 4) is 17.1 Å². The summed E-state index contributed by atoms with van der Waals surface area (Å²) in [6.07, 6.45) is 1.11. The number of hydrogen-bond donors (Lipinski definition) is 1. The zero-order valence-corrected chi connectivity index (χ0v) is 19.1. The summed E-state index contributed by atoms with van der Waals surface area (Å²) in [5.41, 5.74) is 4.95. The van der Waals surface area contributed by atoms with Crippen LogP contribution in [0, 0.1) is 0 Å². The van der Waals surface area contributed by atoms with E-state index in [9.17, 15) is 9.90 Å². The van der Waals surface area contributed by atoms with Crippen molar-refractivity contribution in [1.82, 2.24) is 14.1 Å². The molecule has 6 rings (SSSR count). The van der Waals surface area contributed by atoms with Gasteiger partial charge >= 0.3 is 5.97 Å². The zero-order valence-electron chi connectivity index (χ0n) is 19.1. The van der Waals surface area contributed by atoms with E-state index in [2.05, 4.69) is 58.5 Å². The number of hydrogen-bond acceptors (Lipinski definition) is 4. The fourth-order valence-corrected chi connectivity index (χ4v) is 5.06. The minimum atomic E-state index is -1.04. The summed E-state index contributed by atoms with van der Waals surface area (Å²) in [5.74, 6) is 0.0833. The number of nitrogens with zero attached hydrogens (tertiary/aromatic N) is 3. The first-order chi connectivity index (χ1) is 16.6. The number of aromatic carboxylic acids is 1. The molecule has 34 heavy (non-hydrogen) atoms. The van der Waals surface area contributed by atoms with Crippen LogP contribution in [0.2, 0.25) is 0 Å². The molecule has 0 bridgehead atoms. The Bertz CT molecular complexity index is 1580. The Hall–Kier alpha value is -3.84. The molecule has 1 aliphatic rings. The molecule has 1 atom stereocenters. The van der Waals surface area contributed by atoms with Gasteiger partial charge in [0, 0.05) is 46.6 Å². The third kappa shape index (κ3) is 3.08. The molecule has 1 unspecified atom stereocenters. The normalized spacial score (nSPS) is 15.8. The predicted molar refractivity (Wildman–Crippen MR) is 132 cm³/mol. The molecule has 0 aliphatic carbocycles. The molecule has 7 nitrogen and oxygen atoms in total. The highest BCUT2D eigenvalue weighted by Crippen LogP contribution is 2.35. The summed E-state index contributed by atoms with van der Waals surface area (Å²) in [7, 11) is 1.49. The topological polar surface area (TPSA) is 78.5 Å².